The maximum absolute atomic E-state index is 12.2. The minimum atomic E-state index is -0.114. The molecule has 5 aromatic rings. The molecule has 0 spiro atoms. The van der Waals surface area contributed by atoms with Crippen LogP contribution in [0.1, 0.15) is 5.82 Å². The van der Waals surface area contributed by atoms with E-state index in [1.807, 2.05) is 65.9 Å². The minimum absolute atomic E-state index is 0.114. The molecule has 1 aromatic carbocycles. The lowest BCUT2D eigenvalue weighted by atomic mass is 10.2. The zero-order valence-electron chi connectivity index (χ0n) is 14.9. The van der Waals surface area contributed by atoms with Gasteiger partial charge in [-0.05, 0) is 23.6 Å². The molecule has 138 valence electrons. The first-order valence-electron chi connectivity index (χ1n) is 8.64. The van der Waals surface area contributed by atoms with Gasteiger partial charge in [-0.2, -0.15) is 4.52 Å². The maximum Gasteiger partial charge on any atom is 0.268 e. The summed E-state index contributed by atoms with van der Waals surface area (Å²) < 4.78 is 2.36. The largest absolute Gasteiger partial charge is 0.351 e. The second-order valence-electron chi connectivity index (χ2n) is 6.35. The van der Waals surface area contributed by atoms with Crippen LogP contribution in [0.3, 0.4) is 0 Å². The first kappa shape index (κ1) is 16.6. The van der Waals surface area contributed by atoms with Crippen LogP contribution in [0.25, 0.3) is 27.3 Å². The molecule has 0 saturated heterocycles. The topological polar surface area (TPSA) is 92.1 Å². The summed E-state index contributed by atoms with van der Waals surface area (Å²) >= 11 is 1.39. The van der Waals surface area contributed by atoms with Gasteiger partial charge in [-0.15, -0.1) is 26.6 Å². The van der Waals surface area contributed by atoms with Crippen molar-refractivity contribution in [3.05, 3.63) is 70.1 Å². The van der Waals surface area contributed by atoms with Gasteiger partial charge in [0.1, 0.15) is 16.3 Å². The number of aromatic amines is 1. The number of hydrogen-bond donors (Lipinski definition) is 1. The molecule has 0 bridgehead atoms. The van der Waals surface area contributed by atoms with Crippen LogP contribution in [0.5, 0.6) is 0 Å². The fourth-order valence-corrected chi connectivity index (χ4v) is 3.78. The maximum atomic E-state index is 12.2. The van der Waals surface area contributed by atoms with Gasteiger partial charge in [0.05, 0.1) is 12.1 Å². The lowest BCUT2D eigenvalue weighted by molar-refractivity contribution is 0.801. The van der Waals surface area contributed by atoms with Gasteiger partial charge >= 0.3 is 0 Å². The number of fused-ring (bicyclic) bond motifs is 2. The van der Waals surface area contributed by atoms with Gasteiger partial charge in [-0.1, -0.05) is 30.3 Å². The van der Waals surface area contributed by atoms with Crippen LogP contribution >= 0.6 is 11.3 Å². The summed E-state index contributed by atoms with van der Waals surface area (Å²) in [6.07, 6.45) is 0. The van der Waals surface area contributed by atoms with Crippen molar-refractivity contribution in [2.24, 2.45) is 0 Å². The van der Waals surface area contributed by atoms with Crippen LogP contribution in [0.4, 0.5) is 5.82 Å². The van der Waals surface area contributed by atoms with Gasteiger partial charge in [0, 0.05) is 12.6 Å². The summed E-state index contributed by atoms with van der Waals surface area (Å²) in [4.78, 5) is 21.5. The van der Waals surface area contributed by atoms with Gasteiger partial charge in [0.25, 0.3) is 5.56 Å². The van der Waals surface area contributed by atoms with Crippen molar-refractivity contribution in [3.63, 3.8) is 0 Å². The van der Waals surface area contributed by atoms with Gasteiger partial charge in [-0.25, -0.2) is 4.98 Å². The van der Waals surface area contributed by atoms with Gasteiger partial charge in [0.2, 0.25) is 0 Å². The Kier molecular flexibility index (Phi) is 3.87. The van der Waals surface area contributed by atoms with E-state index in [-0.39, 0.29) is 5.56 Å². The molecule has 28 heavy (non-hydrogen) atoms. The van der Waals surface area contributed by atoms with Crippen LogP contribution < -0.4 is 10.5 Å². The highest BCUT2D eigenvalue weighted by atomic mass is 32.1. The molecular weight excluding hydrogens is 374 g/mol. The van der Waals surface area contributed by atoms with Crippen molar-refractivity contribution in [2.75, 3.05) is 11.9 Å². The molecule has 0 aliphatic heterocycles. The Morgan fingerprint density at radius 3 is 2.82 bits per heavy atom. The van der Waals surface area contributed by atoms with Crippen LogP contribution in [-0.4, -0.2) is 36.8 Å². The Hall–Kier alpha value is -3.59. The Morgan fingerprint density at radius 1 is 1.11 bits per heavy atom. The summed E-state index contributed by atoms with van der Waals surface area (Å²) in [5.74, 6) is 1.99. The molecule has 9 heteroatoms. The van der Waals surface area contributed by atoms with E-state index in [1.54, 1.807) is 4.52 Å². The minimum Gasteiger partial charge on any atom is -0.351 e. The van der Waals surface area contributed by atoms with Crippen molar-refractivity contribution < 1.29 is 0 Å². The molecule has 0 fully saturated rings. The first-order chi connectivity index (χ1) is 13.7. The van der Waals surface area contributed by atoms with E-state index in [0.29, 0.717) is 34.1 Å². The van der Waals surface area contributed by atoms with E-state index in [2.05, 4.69) is 25.3 Å². The standard InChI is InChI=1S/C19H15N7OS/c1-25(11-14-20-13-9-10-28-17(13)19(27)21-14)16-8-7-15-22-23-18(26(15)24-16)12-5-3-2-4-6-12/h2-10H,11H2,1H3,(H,20,21,27). The molecule has 4 aromatic heterocycles. The first-order valence-corrected chi connectivity index (χ1v) is 9.52. The fourth-order valence-electron chi connectivity index (χ4n) is 3.05. The van der Waals surface area contributed by atoms with Crippen molar-refractivity contribution in [2.45, 2.75) is 6.54 Å². The molecule has 4 heterocycles. The van der Waals surface area contributed by atoms with E-state index in [0.717, 1.165) is 11.4 Å². The van der Waals surface area contributed by atoms with Crippen molar-refractivity contribution in [3.8, 4) is 11.4 Å². The number of H-pyrrole nitrogens is 1. The SMILES string of the molecule is CN(Cc1nc2ccsc2c(=O)[nH]1)c1ccc2nnc(-c3ccccc3)n2n1. The Morgan fingerprint density at radius 2 is 1.96 bits per heavy atom. The molecule has 8 nitrogen and oxygen atoms in total. The van der Waals surface area contributed by atoms with E-state index in [4.69, 9.17) is 0 Å². The Balaban J connectivity index is 1.50. The number of rotatable bonds is 4. The zero-order chi connectivity index (χ0) is 19.1. The predicted molar refractivity (Wildman–Crippen MR) is 109 cm³/mol. The van der Waals surface area contributed by atoms with Gasteiger partial charge in [-0.3, -0.25) is 4.79 Å². The monoisotopic (exact) mass is 389 g/mol. The Bertz CT molecular complexity index is 1340. The number of benzene rings is 1. The van der Waals surface area contributed by atoms with Gasteiger partial charge in [0.15, 0.2) is 11.5 Å². The Labute approximate surface area is 163 Å². The predicted octanol–water partition coefficient (Wildman–Crippen LogP) is 2.73. The number of aromatic nitrogens is 6. The highest BCUT2D eigenvalue weighted by Crippen LogP contribution is 2.20. The molecule has 0 amide bonds. The summed E-state index contributed by atoms with van der Waals surface area (Å²) in [6, 6.07) is 15.4. The summed E-state index contributed by atoms with van der Waals surface area (Å²) in [5.41, 5.74) is 2.21. The van der Waals surface area contributed by atoms with Crippen molar-refractivity contribution in [1.82, 2.24) is 29.8 Å². The highest BCUT2D eigenvalue weighted by molar-refractivity contribution is 7.17. The third-order valence-electron chi connectivity index (χ3n) is 4.42. The van der Waals surface area contributed by atoms with E-state index in [1.165, 1.54) is 11.3 Å². The number of nitrogens with one attached hydrogen (secondary N) is 1. The van der Waals surface area contributed by atoms with Crippen LogP contribution in [0, 0.1) is 0 Å². The zero-order valence-corrected chi connectivity index (χ0v) is 15.7. The molecule has 0 atom stereocenters. The van der Waals surface area contributed by atoms with E-state index in [9.17, 15) is 4.79 Å². The van der Waals surface area contributed by atoms with Crippen LogP contribution in [-0.2, 0) is 6.54 Å². The molecule has 5 rings (SSSR count). The number of hydrogen-bond acceptors (Lipinski definition) is 7. The summed E-state index contributed by atoms with van der Waals surface area (Å²) in [5, 5.41) is 15.0. The smallest absolute Gasteiger partial charge is 0.268 e. The molecule has 0 saturated carbocycles. The summed E-state index contributed by atoms with van der Waals surface area (Å²) in [7, 11) is 1.90. The quantitative estimate of drug-likeness (QED) is 0.508. The highest BCUT2D eigenvalue weighted by Gasteiger charge is 2.13. The molecule has 1 N–H and O–H groups in total. The molecule has 0 unspecified atom stereocenters. The number of thiophene rings is 1. The van der Waals surface area contributed by atoms with Crippen molar-refractivity contribution in [1.29, 1.82) is 0 Å². The van der Waals surface area contributed by atoms with E-state index >= 15 is 0 Å². The third-order valence-corrected chi connectivity index (χ3v) is 5.33. The second-order valence-corrected chi connectivity index (χ2v) is 7.27. The second kappa shape index (κ2) is 6.54. The molecule has 0 aliphatic rings. The van der Waals surface area contributed by atoms with Gasteiger partial charge < -0.3 is 9.88 Å². The summed E-state index contributed by atoms with van der Waals surface area (Å²) in [6.45, 7) is 0.419. The van der Waals surface area contributed by atoms with Crippen LogP contribution in [0.15, 0.2) is 58.7 Å². The number of nitrogens with zero attached hydrogens (tertiary/aromatic N) is 6. The average Bonchev–Trinajstić information content (AvgIpc) is 3.35. The average molecular weight is 389 g/mol. The third kappa shape index (κ3) is 2.81. The lowest BCUT2D eigenvalue weighted by Crippen LogP contribution is -2.22. The van der Waals surface area contributed by atoms with Crippen molar-refractivity contribution >= 4 is 33.0 Å². The fraction of sp³-hybridized carbons (Fsp3) is 0.105. The van der Waals surface area contributed by atoms with E-state index < -0.39 is 0 Å². The molecular formula is C19H15N7OS. The molecule has 0 radical (unpaired) electrons. The lowest BCUT2D eigenvalue weighted by Gasteiger charge is -2.17. The normalized spacial score (nSPS) is 11.3. The molecule has 0 aliphatic carbocycles. The van der Waals surface area contributed by atoms with Crippen LogP contribution in [0.2, 0.25) is 0 Å². The number of anilines is 1.